The first kappa shape index (κ1) is 16.3. The van der Waals surface area contributed by atoms with Crippen molar-refractivity contribution < 1.29 is 14.3 Å². The van der Waals surface area contributed by atoms with Gasteiger partial charge in [-0.3, -0.25) is 9.69 Å². The van der Waals surface area contributed by atoms with E-state index in [1.54, 1.807) is 22.7 Å². The molecule has 0 atom stereocenters. The van der Waals surface area contributed by atoms with Crippen LogP contribution in [0.15, 0.2) is 53.4 Å². The highest BCUT2D eigenvalue weighted by atomic mass is 32.2. The Bertz CT molecular complexity index is 857. The van der Waals surface area contributed by atoms with E-state index in [1.165, 1.54) is 13.2 Å². The Labute approximate surface area is 145 Å². The fraction of sp³-hybridized carbons (Fsp3) is 0.158. The van der Waals surface area contributed by atoms with Crippen LogP contribution in [0.3, 0.4) is 0 Å². The fourth-order valence-electron chi connectivity index (χ4n) is 2.76. The lowest BCUT2D eigenvalue weighted by Gasteiger charge is -2.21. The van der Waals surface area contributed by atoms with Crippen LogP contribution in [0.5, 0.6) is 0 Å². The number of rotatable bonds is 3. The van der Waals surface area contributed by atoms with Crippen LogP contribution in [0, 0.1) is 6.92 Å². The minimum absolute atomic E-state index is 0.139. The number of anilines is 1. The number of benzene rings is 2. The van der Waals surface area contributed by atoms with Crippen LogP contribution in [0.1, 0.15) is 21.5 Å². The number of fused-ring (bicyclic) bond motifs is 1. The predicted octanol–water partition coefficient (Wildman–Crippen LogP) is 3.89. The van der Waals surface area contributed by atoms with Gasteiger partial charge >= 0.3 is 5.97 Å². The second kappa shape index (κ2) is 6.53. The minimum Gasteiger partial charge on any atom is -0.466 e. The highest BCUT2D eigenvalue weighted by Crippen LogP contribution is 2.40. The Morgan fingerprint density at radius 2 is 1.88 bits per heavy atom. The Balaban J connectivity index is 2.21. The van der Waals surface area contributed by atoms with Gasteiger partial charge in [0.05, 0.1) is 18.5 Å². The molecule has 1 aliphatic rings. The first-order valence-corrected chi connectivity index (χ1v) is 8.67. The van der Waals surface area contributed by atoms with E-state index in [9.17, 15) is 9.59 Å². The number of amides is 1. The van der Waals surface area contributed by atoms with Gasteiger partial charge in [0.25, 0.3) is 5.91 Å². The van der Waals surface area contributed by atoms with Gasteiger partial charge in [-0.15, -0.1) is 11.8 Å². The zero-order chi connectivity index (χ0) is 17.3. The van der Waals surface area contributed by atoms with E-state index in [1.807, 2.05) is 49.6 Å². The zero-order valence-electron chi connectivity index (χ0n) is 13.7. The molecule has 1 aliphatic heterocycles. The molecule has 0 spiro atoms. The van der Waals surface area contributed by atoms with Crippen molar-refractivity contribution in [3.63, 3.8) is 0 Å². The molecule has 2 aromatic rings. The maximum Gasteiger partial charge on any atom is 0.332 e. The first-order chi connectivity index (χ1) is 11.6. The third kappa shape index (κ3) is 2.71. The number of aryl methyl sites for hydroxylation is 1. The number of carbonyl (C=O) groups is 2. The molecular weight excluding hydrogens is 322 g/mol. The van der Waals surface area contributed by atoms with E-state index in [2.05, 4.69) is 0 Å². The molecule has 122 valence electrons. The number of thioether (sulfide) groups is 1. The van der Waals surface area contributed by atoms with Gasteiger partial charge in [0.1, 0.15) is 0 Å². The van der Waals surface area contributed by atoms with E-state index in [0.717, 1.165) is 21.7 Å². The lowest BCUT2D eigenvalue weighted by molar-refractivity contribution is -0.134. The lowest BCUT2D eigenvalue weighted by Crippen LogP contribution is -2.23. The number of methoxy groups -OCH3 is 1. The number of carbonyl (C=O) groups excluding carboxylic acids is 2. The van der Waals surface area contributed by atoms with Gasteiger partial charge in [0.2, 0.25) is 0 Å². The van der Waals surface area contributed by atoms with E-state index in [0.29, 0.717) is 11.3 Å². The molecule has 1 heterocycles. The molecular formula is C19H17NO3S. The number of hydrogen-bond acceptors (Lipinski definition) is 4. The molecule has 0 aromatic heterocycles. The summed E-state index contributed by atoms with van der Waals surface area (Å²) in [4.78, 5) is 27.4. The average Bonchev–Trinajstić information content (AvgIpc) is 2.87. The van der Waals surface area contributed by atoms with Crippen LogP contribution in [0.2, 0.25) is 0 Å². The van der Waals surface area contributed by atoms with Crippen molar-refractivity contribution in [1.82, 2.24) is 0 Å². The topological polar surface area (TPSA) is 46.6 Å². The summed E-state index contributed by atoms with van der Waals surface area (Å²) in [5, 5.41) is 0. The smallest absolute Gasteiger partial charge is 0.332 e. The van der Waals surface area contributed by atoms with Crippen molar-refractivity contribution in [2.45, 2.75) is 11.8 Å². The van der Waals surface area contributed by atoms with Crippen LogP contribution in [0.25, 0.3) is 5.70 Å². The Morgan fingerprint density at radius 1 is 1.17 bits per heavy atom. The molecule has 0 N–H and O–H groups in total. The molecule has 0 radical (unpaired) electrons. The van der Waals surface area contributed by atoms with E-state index >= 15 is 0 Å². The molecule has 0 saturated carbocycles. The molecule has 3 rings (SSSR count). The Morgan fingerprint density at radius 3 is 2.54 bits per heavy atom. The Hall–Kier alpha value is -2.53. The van der Waals surface area contributed by atoms with Crippen molar-refractivity contribution >= 4 is 35.0 Å². The summed E-state index contributed by atoms with van der Waals surface area (Å²) < 4.78 is 4.76. The molecule has 0 aliphatic carbocycles. The molecule has 0 fully saturated rings. The monoisotopic (exact) mass is 339 g/mol. The minimum atomic E-state index is -0.489. The summed E-state index contributed by atoms with van der Waals surface area (Å²) in [7, 11) is 1.33. The molecule has 0 unspecified atom stereocenters. The van der Waals surface area contributed by atoms with Gasteiger partial charge in [-0.05, 0) is 36.9 Å². The van der Waals surface area contributed by atoms with Crippen molar-refractivity contribution in [3.8, 4) is 0 Å². The van der Waals surface area contributed by atoms with Gasteiger partial charge in [-0.1, -0.05) is 24.3 Å². The van der Waals surface area contributed by atoms with Crippen LogP contribution < -0.4 is 4.90 Å². The number of esters is 1. The van der Waals surface area contributed by atoms with Crippen LogP contribution in [-0.4, -0.2) is 25.2 Å². The molecule has 2 aromatic carbocycles. The molecule has 4 nitrogen and oxygen atoms in total. The number of nitrogens with zero attached hydrogens (tertiary/aromatic N) is 1. The highest BCUT2D eigenvalue weighted by Gasteiger charge is 2.34. The summed E-state index contributed by atoms with van der Waals surface area (Å²) in [6.45, 7) is 2.01. The third-order valence-electron chi connectivity index (χ3n) is 3.91. The SMILES string of the molecule is COC(=O)/C=C1\c2ccccc2C(=O)N1c1ccc(C)cc1SC. The normalized spacial score (nSPS) is 14.9. The largest absolute Gasteiger partial charge is 0.466 e. The third-order valence-corrected chi connectivity index (χ3v) is 4.68. The van der Waals surface area contributed by atoms with Crippen LogP contribution >= 0.6 is 11.8 Å². The summed E-state index contributed by atoms with van der Waals surface area (Å²) >= 11 is 1.57. The van der Waals surface area contributed by atoms with E-state index in [4.69, 9.17) is 4.74 Å². The quantitative estimate of drug-likeness (QED) is 0.483. The van der Waals surface area contributed by atoms with Crippen molar-refractivity contribution in [2.75, 3.05) is 18.3 Å². The van der Waals surface area contributed by atoms with Crippen LogP contribution in [-0.2, 0) is 9.53 Å². The molecule has 24 heavy (non-hydrogen) atoms. The maximum absolute atomic E-state index is 13.0. The van der Waals surface area contributed by atoms with E-state index in [-0.39, 0.29) is 5.91 Å². The van der Waals surface area contributed by atoms with Gasteiger partial charge < -0.3 is 4.74 Å². The van der Waals surface area contributed by atoms with Gasteiger partial charge in [0, 0.05) is 22.1 Å². The standard InChI is InChI=1S/C19H17NO3S/c1-12-8-9-15(17(10-12)24-3)20-16(11-18(21)23-2)13-6-4-5-7-14(13)19(20)22/h4-11H,1-3H3/b16-11+. The number of ether oxygens (including phenoxy) is 1. The lowest BCUT2D eigenvalue weighted by atomic mass is 10.1. The fourth-order valence-corrected chi connectivity index (χ4v) is 3.44. The van der Waals surface area contributed by atoms with Crippen molar-refractivity contribution in [3.05, 3.63) is 65.2 Å². The summed E-state index contributed by atoms with van der Waals surface area (Å²) in [5.74, 6) is -0.628. The van der Waals surface area contributed by atoms with Gasteiger partial charge in [0.15, 0.2) is 0 Å². The van der Waals surface area contributed by atoms with Crippen LogP contribution in [0.4, 0.5) is 5.69 Å². The maximum atomic E-state index is 13.0. The second-order valence-electron chi connectivity index (χ2n) is 5.41. The van der Waals surface area contributed by atoms with Gasteiger partial charge in [-0.25, -0.2) is 4.79 Å². The predicted molar refractivity (Wildman–Crippen MR) is 96.2 cm³/mol. The molecule has 0 bridgehead atoms. The first-order valence-electron chi connectivity index (χ1n) is 7.45. The molecule has 0 saturated heterocycles. The van der Waals surface area contributed by atoms with Crippen molar-refractivity contribution in [2.24, 2.45) is 0 Å². The molecule has 5 heteroatoms. The molecule has 1 amide bonds. The second-order valence-corrected chi connectivity index (χ2v) is 6.26. The highest BCUT2D eigenvalue weighted by molar-refractivity contribution is 7.98. The summed E-state index contributed by atoms with van der Waals surface area (Å²) in [5.41, 5.74) is 3.75. The Kier molecular flexibility index (Phi) is 4.44. The van der Waals surface area contributed by atoms with Crippen molar-refractivity contribution in [1.29, 1.82) is 0 Å². The average molecular weight is 339 g/mol. The zero-order valence-corrected chi connectivity index (χ0v) is 14.5. The summed E-state index contributed by atoms with van der Waals surface area (Å²) in [6, 6.07) is 13.2. The van der Waals surface area contributed by atoms with E-state index < -0.39 is 5.97 Å². The van der Waals surface area contributed by atoms with Gasteiger partial charge in [-0.2, -0.15) is 0 Å². The summed E-state index contributed by atoms with van der Waals surface area (Å²) in [6.07, 6.45) is 3.34. The number of hydrogen-bond donors (Lipinski definition) is 0.